The van der Waals surface area contributed by atoms with Crippen LogP contribution >= 0.6 is 0 Å². The molecule has 20 heavy (non-hydrogen) atoms. The number of nitrogens with one attached hydrogen (secondary N) is 1. The molecule has 110 valence electrons. The van der Waals surface area contributed by atoms with Gasteiger partial charge in [0.2, 0.25) is 0 Å². The summed E-state index contributed by atoms with van der Waals surface area (Å²) in [6.07, 6.45) is 2.42. The molecule has 2 aliphatic heterocycles. The van der Waals surface area contributed by atoms with Crippen molar-refractivity contribution < 1.29 is 9.47 Å². The summed E-state index contributed by atoms with van der Waals surface area (Å²) >= 11 is 0. The van der Waals surface area contributed by atoms with Gasteiger partial charge >= 0.3 is 0 Å². The van der Waals surface area contributed by atoms with Gasteiger partial charge in [-0.15, -0.1) is 0 Å². The molecule has 0 bridgehead atoms. The topological polar surface area (TPSA) is 33.7 Å². The summed E-state index contributed by atoms with van der Waals surface area (Å²) in [6.45, 7) is 6.97. The zero-order chi connectivity index (χ0) is 13.6. The van der Waals surface area contributed by atoms with E-state index in [-0.39, 0.29) is 6.10 Å². The maximum Gasteiger partial charge on any atom is 0.124 e. The molecular formula is C16H24N2O2. The minimum absolute atomic E-state index is 0.216. The number of para-hydroxylation sites is 1. The van der Waals surface area contributed by atoms with Gasteiger partial charge in [0.15, 0.2) is 0 Å². The van der Waals surface area contributed by atoms with Crippen LogP contribution in [0.1, 0.15) is 18.4 Å². The van der Waals surface area contributed by atoms with Crippen LogP contribution < -0.4 is 10.1 Å². The average molecular weight is 276 g/mol. The Bertz CT molecular complexity index is 374. The van der Waals surface area contributed by atoms with Crippen molar-refractivity contribution in [3.05, 3.63) is 29.8 Å². The van der Waals surface area contributed by atoms with E-state index in [2.05, 4.69) is 34.5 Å². The molecule has 1 N–H and O–H groups in total. The first-order valence-electron chi connectivity index (χ1n) is 7.67. The van der Waals surface area contributed by atoms with Gasteiger partial charge in [0.05, 0.1) is 6.61 Å². The zero-order valence-electron chi connectivity index (χ0n) is 12.0. The van der Waals surface area contributed by atoms with E-state index in [4.69, 9.17) is 9.47 Å². The van der Waals surface area contributed by atoms with Crippen LogP contribution in [0.25, 0.3) is 0 Å². The summed E-state index contributed by atoms with van der Waals surface area (Å²) in [5, 5.41) is 3.39. The largest absolute Gasteiger partial charge is 0.488 e. The number of benzene rings is 1. The maximum atomic E-state index is 6.16. The molecule has 2 fully saturated rings. The lowest BCUT2D eigenvalue weighted by Crippen LogP contribution is -2.43. The Morgan fingerprint density at radius 2 is 2.10 bits per heavy atom. The standard InChI is InChI=1S/C16H24N2O2/c1-2-6-16(20-15-5-3-11-19-13-15)14(4-1)12-18-9-7-17-8-10-18/h1-2,4,6,15,17H,3,5,7-13H2. The summed E-state index contributed by atoms with van der Waals surface area (Å²) in [4.78, 5) is 2.48. The Morgan fingerprint density at radius 3 is 2.90 bits per heavy atom. The molecule has 0 saturated carbocycles. The van der Waals surface area contributed by atoms with Crippen molar-refractivity contribution in [1.82, 2.24) is 10.2 Å². The van der Waals surface area contributed by atoms with Crippen LogP contribution in [0.5, 0.6) is 5.75 Å². The average Bonchev–Trinajstić information content (AvgIpc) is 2.51. The third kappa shape index (κ3) is 3.72. The highest BCUT2D eigenvalue weighted by Crippen LogP contribution is 2.23. The molecule has 1 aromatic rings. The van der Waals surface area contributed by atoms with Crippen LogP contribution in [0, 0.1) is 0 Å². The van der Waals surface area contributed by atoms with Gasteiger partial charge in [-0.3, -0.25) is 4.90 Å². The molecule has 0 aromatic heterocycles. The zero-order valence-corrected chi connectivity index (χ0v) is 12.0. The van der Waals surface area contributed by atoms with Crippen molar-refractivity contribution in [3.63, 3.8) is 0 Å². The first-order valence-corrected chi connectivity index (χ1v) is 7.67. The number of hydrogen-bond donors (Lipinski definition) is 1. The Kier molecular flexibility index (Phi) is 4.90. The number of nitrogens with zero attached hydrogens (tertiary/aromatic N) is 1. The second-order valence-electron chi connectivity index (χ2n) is 5.59. The minimum atomic E-state index is 0.216. The number of rotatable bonds is 4. The third-order valence-corrected chi connectivity index (χ3v) is 3.99. The van der Waals surface area contributed by atoms with E-state index >= 15 is 0 Å². The van der Waals surface area contributed by atoms with Crippen molar-refractivity contribution in [2.24, 2.45) is 0 Å². The summed E-state index contributed by atoms with van der Waals surface area (Å²) in [5.41, 5.74) is 1.29. The molecule has 1 atom stereocenters. The van der Waals surface area contributed by atoms with Gasteiger partial charge in [-0.25, -0.2) is 0 Å². The fourth-order valence-electron chi connectivity index (χ4n) is 2.84. The molecule has 1 unspecified atom stereocenters. The van der Waals surface area contributed by atoms with Crippen molar-refractivity contribution >= 4 is 0 Å². The molecule has 2 saturated heterocycles. The molecule has 3 rings (SSSR count). The van der Waals surface area contributed by atoms with Gasteiger partial charge in [0.25, 0.3) is 0 Å². The summed E-state index contributed by atoms with van der Waals surface area (Å²) < 4.78 is 11.7. The summed E-state index contributed by atoms with van der Waals surface area (Å²) in [5.74, 6) is 1.03. The van der Waals surface area contributed by atoms with Crippen LogP contribution in [0.3, 0.4) is 0 Å². The normalized spacial score (nSPS) is 24.5. The summed E-state index contributed by atoms with van der Waals surface area (Å²) in [7, 11) is 0. The molecule has 1 aromatic carbocycles. The SMILES string of the molecule is c1ccc(OC2CCCOC2)c(CN2CCNCC2)c1. The van der Waals surface area contributed by atoms with Crippen molar-refractivity contribution in [1.29, 1.82) is 0 Å². The molecule has 4 heteroatoms. The van der Waals surface area contributed by atoms with Gasteiger partial charge in [0, 0.05) is 44.9 Å². The fourth-order valence-corrected chi connectivity index (χ4v) is 2.84. The lowest BCUT2D eigenvalue weighted by molar-refractivity contribution is 0.00673. The quantitative estimate of drug-likeness (QED) is 0.906. The van der Waals surface area contributed by atoms with Crippen LogP contribution in [-0.2, 0) is 11.3 Å². The van der Waals surface area contributed by atoms with Crippen LogP contribution in [0.15, 0.2) is 24.3 Å². The smallest absolute Gasteiger partial charge is 0.124 e. The lowest BCUT2D eigenvalue weighted by Gasteiger charge is -2.29. The fraction of sp³-hybridized carbons (Fsp3) is 0.625. The van der Waals surface area contributed by atoms with Crippen LogP contribution in [-0.4, -0.2) is 50.4 Å². The molecule has 0 spiro atoms. The van der Waals surface area contributed by atoms with Crippen LogP contribution in [0.4, 0.5) is 0 Å². The highest BCUT2D eigenvalue weighted by atomic mass is 16.5. The Labute approximate surface area is 121 Å². The van der Waals surface area contributed by atoms with E-state index in [0.717, 1.165) is 64.5 Å². The highest BCUT2D eigenvalue weighted by molar-refractivity contribution is 5.33. The summed E-state index contributed by atoms with van der Waals surface area (Å²) in [6, 6.07) is 8.43. The Balaban J connectivity index is 1.63. The first kappa shape index (κ1) is 13.9. The second-order valence-corrected chi connectivity index (χ2v) is 5.59. The van der Waals surface area contributed by atoms with Crippen molar-refractivity contribution in [2.45, 2.75) is 25.5 Å². The molecule has 4 nitrogen and oxygen atoms in total. The Morgan fingerprint density at radius 1 is 1.25 bits per heavy atom. The predicted molar refractivity (Wildman–Crippen MR) is 79.1 cm³/mol. The van der Waals surface area contributed by atoms with E-state index in [9.17, 15) is 0 Å². The third-order valence-electron chi connectivity index (χ3n) is 3.99. The first-order chi connectivity index (χ1) is 9.92. The molecule has 2 heterocycles. The van der Waals surface area contributed by atoms with Crippen molar-refractivity contribution in [3.8, 4) is 5.75 Å². The van der Waals surface area contributed by atoms with Gasteiger partial charge in [-0.1, -0.05) is 18.2 Å². The number of ether oxygens (including phenoxy) is 2. The van der Waals surface area contributed by atoms with E-state index in [0.29, 0.717) is 0 Å². The highest BCUT2D eigenvalue weighted by Gasteiger charge is 2.18. The van der Waals surface area contributed by atoms with Crippen molar-refractivity contribution in [2.75, 3.05) is 39.4 Å². The minimum Gasteiger partial charge on any atom is -0.488 e. The number of hydrogen-bond acceptors (Lipinski definition) is 4. The Hall–Kier alpha value is -1.10. The maximum absolute atomic E-state index is 6.16. The monoisotopic (exact) mass is 276 g/mol. The molecule has 2 aliphatic rings. The molecular weight excluding hydrogens is 252 g/mol. The van der Waals surface area contributed by atoms with E-state index < -0.39 is 0 Å². The van der Waals surface area contributed by atoms with Gasteiger partial charge < -0.3 is 14.8 Å². The number of piperazine rings is 1. The van der Waals surface area contributed by atoms with Gasteiger partial charge in [0.1, 0.15) is 11.9 Å². The van der Waals surface area contributed by atoms with E-state index in [1.807, 2.05) is 0 Å². The van der Waals surface area contributed by atoms with Gasteiger partial charge in [-0.2, -0.15) is 0 Å². The molecule has 0 aliphatic carbocycles. The predicted octanol–water partition coefficient (Wildman–Crippen LogP) is 1.65. The molecule has 0 radical (unpaired) electrons. The lowest BCUT2D eigenvalue weighted by atomic mass is 10.1. The van der Waals surface area contributed by atoms with E-state index in [1.165, 1.54) is 5.56 Å². The van der Waals surface area contributed by atoms with Gasteiger partial charge in [-0.05, 0) is 18.9 Å². The van der Waals surface area contributed by atoms with E-state index in [1.54, 1.807) is 0 Å². The molecule has 0 amide bonds. The second kappa shape index (κ2) is 7.07. The van der Waals surface area contributed by atoms with Crippen LogP contribution in [0.2, 0.25) is 0 Å².